The summed E-state index contributed by atoms with van der Waals surface area (Å²) in [5.41, 5.74) is -5.84. The molecule has 0 aromatic heterocycles. The Morgan fingerprint density at radius 3 is 1.73 bits per heavy atom. The van der Waals surface area contributed by atoms with Crippen molar-refractivity contribution in [1.29, 1.82) is 0 Å². The lowest BCUT2D eigenvalue weighted by atomic mass is 10.1. The molecule has 4 fully saturated rings. The molecule has 0 amide bonds. The minimum atomic E-state index is -6.15. The van der Waals surface area contributed by atoms with Crippen LogP contribution >= 0.6 is 0 Å². The zero-order valence-corrected chi connectivity index (χ0v) is 22.2. The largest absolute Gasteiger partial charge is 0.523 e. The third-order valence-corrected chi connectivity index (χ3v) is 7.12. The van der Waals surface area contributed by atoms with Crippen LogP contribution in [0.5, 0.6) is 0 Å². The van der Waals surface area contributed by atoms with Crippen molar-refractivity contribution in [3.63, 3.8) is 0 Å². The van der Waals surface area contributed by atoms with Gasteiger partial charge >= 0.3 is 28.0 Å². The molecule has 4 heterocycles. The van der Waals surface area contributed by atoms with Crippen molar-refractivity contribution in [3.8, 4) is 0 Å². The van der Waals surface area contributed by atoms with E-state index < -0.39 is 46.9 Å². The summed E-state index contributed by atoms with van der Waals surface area (Å²) in [5, 5.41) is 3.34. The van der Waals surface area contributed by atoms with Gasteiger partial charge in [-0.3, -0.25) is 9.08 Å². The Labute approximate surface area is 225 Å². The summed E-state index contributed by atoms with van der Waals surface area (Å²) < 4.78 is 149. The van der Waals surface area contributed by atoms with Crippen molar-refractivity contribution in [2.24, 2.45) is 0 Å². The van der Waals surface area contributed by atoms with Gasteiger partial charge in [0.25, 0.3) is 0 Å². The third-order valence-electron chi connectivity index (χ3n) is 6.13. The molecule has 19 heteroatoms. The molecule has 40 heavy (non-hydrogen) atoms. The Morgan fingerprint density at radius 2 is 1.23 bits per heavy atom. The highest BCUT2D eigenvalue weighted by Gasteiger charge is 2.49. The fraction of sp³-hybridized carbons (Fsp3) is 1.00. The van der Waals surface area contributed by atoms with E-state index in [1.807, 2.05) is 0 Å². The fourth-order valence-corrected chi connectivity index (χ4v) is 4.77. The lowest BCUT2D eigenvalue weighted by molar-refractivity contribution is -0.168. The first kappa shape index (κ1) is 35.2. The molecule has 4 saturated heterocycles. The number of ether oxygens (including phenoxy) is 4. The lowest BCUT2D eigenvalue weighted by Crippen LogP contribution is -2.36. The van der Waals surface area contributed by atoms with E-state index in [0.29, 0.717) is 45.6 Å². The van der Waals surface area contributed by atoms with Crippen molar-refractivity contribution < 1.29 is 71.1 Å². The van der Waals surface area contributed by atoms with Gasteiger partial charge in [0.2, 0.25) is 0 Å². The Morgan fingerprint density at radius 1 is 0.700 bits per heavy atom. The normalized spacial score (nSPS) is 24.0. The van der Waals surface area contributed by atoms with Crippen molar-refractivity contribution in [1.82, 2.24) is 10.2 Å². The maximum absolute atomic E-state index is 12.2. The number of nitrogens with one attached hydrogen (secondary N) is 1. The Balaban J connectivity index is 0.000000214. The minimum absolute atomic E-state index is 0.205. The first-order chi connectivity index (χ1) is 18.4. The van der Waals surface area contributed by atoms with Crippen LogP contribution in [0.4, 0.5) is 39.5 Å². The summed E-state index contributed by atoms with van der Waals surface area (Å²) in [6, 6.07) is 0. The number of rotatable bonds is 3. The second kappa shape index (κ2) is 14.5. The van der Waals surface area contributed by atoms with Gasteiger partial charge in [0.1, 0.15) is 0 Å². The molecular weight excluding hydrogens is 595 g/mol. The van der Waals surface area contributed by atoms with E-state index in [9.17, 15) is 47.9 Å². The Bertz CT molecular complexity index is 848. The van der Waals surface area contributed by atoms with Crippen LogP contribution < -0.4 is 5.32 Å². The Hall–Kier alpha value is -0.960. The summed E-state index contributed by atoms with van der Waals surface area (Å²) in [5.74, 6) is -0.802. The molecule has 0 aromatic carbocycles. The molecule has 1 N–H and O–H groups in total. The number of alkyl halides is 9. The molecule has 0 aromatic rings. The molecule has 0 atom stereocenters. The van der Waals surface area contributed by atoms with Crippen LogP contribution in [0.15, 0.2) is 0 Å². The highest BCUT2D eigenvalue weighted by molar-refractivity contribution is 7.87. The zero-order chi connectivity index (χ0) is 30.1. The molecule has 9 nitrogen and oxygen atoms in total. The smallest absolute Gasteiger partial charge is 0.347 e. The summed E-state index contributed by atoms with van der Waals surface area (Å²) in [4.78, 5) is 1.43. The van der Waals surface area contributed by atoms with Crippen LogP contribution in [-0.2, 0) is 33.2 Å². The fourth-order valence-electron chi connectivity index (χ4n) is 4.34. The topological polar surface area (TPSA) is 95.6 Å². The molecule has 4 aliphatic rings. The highest BCUT2D eigenvalue weighted by atomic mass is 32.2. The molecule has 4 rings (SSSR count). The molecule has 0 bridgehead atoms. The van der Waals surface area contributed by atoms with Gasteiger partial charge in [-0.25, -0.2) is 0 Å². The Kier molecular flexibility index (Phi) is 12.8. The molecule has 4 aliphatic heterocycles. The standard InChI is InChI=1S/C10H16F3NO2.C8H15NO2.C3H2F6O3S/c11-10(12,13)8-14-4-1-2-9(3-5-14)15-6-7-16-9;1-2-8(3-5-9-4-1)10-6-7-11-8;4-2(5,6)1-12-13(10,11)3(7,8)9/h1-8H2;9H,1-7H2;1H2. The predicted octanol–water partition coefficient (Wildman–Crippen LogP) is 3.70. The number of hydrogen-bond acceptors (Lipinski definition) is 9. The third kappa shape index (κ3) is 12.5. The SMILES string of the molecule is C1CNCCC2(C1)OCCO2.FC(F)(F)CN1CCCC2(CC1)OCCO2.O=S(=O)(OCC(F)(F)F)C(F)(F)F. The van der Waals surface area contributed by atoms with Gasteiger partial charge in [0, 0.05) is 38.8 Å². The van der Waals surface area contributed by atoms with E-state index in [4.69, 9.17) is 18.9 Å². The van der Waals surface area contributed by atoms with Crippen LogP contribution in [0.1, 0.15) is 38.5 Å². The van der Waals surface area contributed by atoms with E-state index in [-0.39, 0.29) is 5.79 Å². The number of hydrogen-bond donors (Lipinski definition) is 1. The maximum Gasteiger partial charge on any atom is 0.523 e. The quantitative estimate of drug-likeness (QED) is 0.285. The van der Waals surface area contributed by atoms with Gasteiger partial charge < -0.3 is 24.3 Å². The maximum atomic E-state index is 12.2. The molecular formula is C21H33F9N2O7S. The second-order valence-electron chi connectivity index (χ2n) is 9.34. The summed E-state index contributed by atoms with van der Waals surface area (Å²) >= 11 is 0. The van der Waals surface area contributed by atoms with Crippen LogP contribution in [0, 0.1) is 0 Å². The summed E-state index contributed by atoms with van der Waals surface area (Å²) in [6.07, 6.45) is -4.10. The molecule has 0 unspecified atom stereocenters. The predicted molar refractivity (Wildman–Crippen MR) is 119 cm³/mol. The van der Waals surface area contributed by atoms with Crippen molar-refractivity contribution >= 4 is 10.1 Å². The minimum Gasteiger partial charge on any atom is -0.347 e. The zero-order valence-electron chi connectivity index (χ0n) is 21.4. The van der Waals surface area contributed by atoms with Crippen molar-refractivity contribution in [2.45, 2.75) is 68.0 Å². The molecule has 0 radical (unpaired) electrons. The van der Waals surface area contributed by atoms with Crippen LogP contribution in [0.25, 0.3) is 0 Å². The van der Waals surface area contributed by atoms with E-state index in [2.05, 4.69) is 9.50 Å². The summed E-state index contributed by atoms with van der Waals surface area (Å²) in [7, 11) is -6.15. The summed E-state index contributed by atoms with van der Waals surface area (Å²) in [6.45, 7) is 2.33. The van der Waals surface area contributed by atoms with Crippen molar-refractivity contribution in [2.75, 3.05) is 65.8 Å². The van der Waals surface area contributed by atoms with Crippen LogP contribution in [0.3, 0.4) is 0 Å². The van der Waals surface area contributed by atoms with E-state index in [0.717, 1.165) is 39.1 Å². The van der Waals surface area contributed by atoms with Gasteiger partial charge in [-0.2, -0.15) is 47.9 Å². The first-order valence-electron chi connectivity index (χ1n) is 12.4. The lowest BCUT2D eigenvalue weighted by Gasteiger charge is -2.26. The van der Waals surface area contributed by atoms with Crippen LogP contribution in [-0.4, -0.2) is 109 Å². The first-order valence-corrected chi connectivity index (χ1v) is 13.9. The van der Waals surface area contributed by atoms with Gasteiger partial charge in [0.05, 0.1) is 33.0 Å². The number of likely N-dealkylation sites (tertiary alicyclic amines) is 1. The second-order valence-corrected chi connectivity index (χ2v) is 10.9. The number of halogens is 9. The van der Waals surface area contributed by atoms with E-state index in [1.165, 1.54) is 11.3 Å². The average molecular weight is 629 g/mol. The molecule has 238 valence electrons. The van der Waals surface area contributed by atoms with Gasteiger partial charge in [-0.15, -0.1) is 0 Å². The molecule has 2 spiro atoms. The number of nitrogens with zero attached hydrogens (tertiary/aromatic N) is 1. The molecule has 0 saturated carbocycles. The van der Waals surface area contributed by atoms with Gasteiger partial charge in [0.15, 0.2) is 18.2 Å². The van der Waals surface area contributed by atoms with Gasteiger partial charge in [-0.05, 0) is 25.9 Å². The van der Waals surface area contributed by atoms with Gasteiger partial charge in [-0.1, -0.05) is 0 Å². The highest BCUT2D eigenvalue weighted by Crippen LogP contribution is 2.32. The van der Waals surface area contributed by atoms with E-state index in [1.54, 1.807) is 0 Å². The van der Waals surface area contributed by atoms with Crippen LogP contribution in [0.2, 0.25) is 0 Å². The average Bonchev–Trinajstić information content (AvgIpc) is 3.35. The molecule has 0 aliphatic carbocycles. The monoisotopic (exact) mass is 628 g/mol. The van der Waals surface area contributed by atoms with E-state index >= 15 is 0 Å². The van der Waals surface area contributed by atoms with Crippen molar-refractivity contribution in [3.05, 3.63) is 0 Å².